The van der Waals surface area contributed by atoms with Crippen LogP contribution in [0.3, 0.4) is 0 Å². The molecule has 0 saturated carbocycles. The Kier molecular flexibility index (Phi) is 6.37. The average Bonchev–Trinajstić information content (AvgIpc) is 3.18. The number of aromatic amines is 1. The third-order valence-corrected chi connectivity index (χ3v) is 5.99. The molecule has 8 heteroatoms. The zero-order valence-corrected chi connectivity index (χ0v) is 16.2. The summed E-state index contributed by atoms with van der Waals surface area (Å²) in [5, 5.41) is 3.86. The number of aromatic nitrogens is 1. The van der Waals surface area contributed by atoms with Gasteiger partial charge in [0.15, 0.2) is 6.29 Å². The van der Waals surface area contributed by atoms with Crippen molar-refractivity contribution in [2.45, 2.75) is 6.92 Å². The normalized spacial score (nSPS) is 10.1. The largest absolute Gasteiger partial charge is 0.461 e. The van der Waals surface area contributed by atoms with Gasteiger partial charge in [-0.2, -0.15) is 0 Å². The number of H-pyrrole nitrogens is 1. The maximum Gasteiger partial charge on any atom is 0.354 e. The molecule has 4 nitrogen and oxygen atoms in total. The van der Waals surface area contributed by atoms with Crippen LogP contribution in [0.2, 0.25) is 0 Å². The second-order valence-electron chi connectivity index (χ2n) is 4.01. The van der Waals surface area contributed by atoms with Crippen molar-refractivity contribution in [3.8, 4) is 0 Å². The first-order valence-corrected chi connectivity index (χ1v) is 9.51. The lowest BCUT2D eigenvalue weighted by Crippen LogP contribution is -2.04. The Bertz CT molecular complexity index is 791. The van der Waals surface area contributed by atoms with Gasteiger partial charge < -0.3 is 9.72 Å². The van der Waals surface area contributed by atoms with Gasteiger partial charge in [0.1, 0.15) is 5.69 Å². The minimum absolute atomic E-state index is 0.303. The van der Waals surface area contributed by atoms with Crippen LogP contribution in [0.4, 0.5) is 0 Å². The number of thiophene rings is 2. The summed E-state index contributed by atoms with van der Waals surface area (Å²) in [5.74, 6) is -0.303. The van der Waals surface area contributed by atoms with Gasteiger partial charge in [-0.1, -0.05) is 0 Å². The highest BCUT2D eigenvalue weighted by Crippen LogP contribution is 2.30. The van der Waals surface area contributed by atoms with E-state index in [-0.39, 0.29) is 5.97 Å². The SMILES string of the molecule is CCOC(=O)c1cc2scc(Br)c2[nH]1.O=Cc1cc(Br)cs1. The summed E-state index contributed by atoms with van der Waals surface area (Å²) < 4.78 is 7.90. The summed E-state index contributed by atoms with van der Waals surface area (Å²) in [6, 6.07) is 3.60. The summed E-state index contributed by atoms with van der Waals surface area (Å²) in [5.41, 5.74) is 1.47. The van der Waals surface area contributed by atoms with E-state index < -0.39 is 0 Å². The molecule has 0 aromatic carbocycles. The van der Waals surface area contributed by atoms with Crippen molar-refractivity contribution >= 4 is 77.0 Å². The quantitative estimate of drug-likeness (QED) is 0.411. The fourth-order valence-electron chi connectivity index (χ4n) is 1.59. The summed E-state index contributed by atoms with van der Waals surface area (Å²) in [6.07, 6.45) is 0.843. The topological polar surface area (TPSA) is 59.2 Å². The van der Waals surface area contributed by atoms with Gasteiger partial charge in [-0.15, -0.1) is 22.7 Å². The number of nitrogens with one attached hydrogen (secondary N) is 1. The first-order valence-electron chi connectivity index (χ1n) is 6.17. The van der Waals surface area contributed by atoms with Crippen LogP contribution in [0, 0.1) is 0 Å². The third kappa shape index (κ3) is 4.28. The molecule has 0 aliphatic carbocycles. The number of fused-ring (bicyclic) bond motifs is 1. The monoisotopic (exact) mass is 463 g/mol. The van der Waals surface area contributed by atoms with Gasteiger partial charge in [-0.05, 0) is 50.9 Å². The molecule has 0 spiro atoms. The molecule has 3 aromatic heterocycles. The van der Waals surface area contributed by atoms with E-state index in [2.05, 4.69) is 36.8 Å². The van der Waals surface area contributed by atoms with E-state index in [0.717, 1.165) is 30.3 Å². The van der Waals surface area contributed by atoms with Crippen molar-refractivity contribution in [3.05, 3.63) is 42.4 Å². The third-order valence-electron chi connectivity index (χ3n) is 2.51. The van der Waals surface area contributed by atoms with Crippen LogP contribution in [-0.4, -0.2) is 23.8 Å². The number of halogens is 2. The Morgan fingerprint density at radius 3 is 2.59 bits per heavy atom. The Labute approximate surface area is 151 Å². The highest BCUT2D eigenvalue weighted by Gasteiger charge is 2.12. The summed E-state index contributed by atoms with van der Waals surface area (Å²) >= 11 is 9.64. The van der Waals surface area contributed by atoms with Crippen LogP contribution in [0.1, 0.15) is 27.1 Å². The Morgan fingerprint density at radius 2 is 2.09 bits per heavy atom. The second-order valence-corrected chi connectivity index (χ2v) is 7.64. The van der Waals surface area contributed by atoms with Crippen LogP contribution < -0.4 is 0 Å². The van der Waals surface area contributed by atoms with E-state index in [1.165, 1.54) is 11.3 Å². The predicted octanol–water partition coefficient (Wildman–Crippen LogP) is 5.49. The molecule has 0 unspecified atom stereocenters. The Hall–Kier alpha value is -0.960. The van der Waals surface area contributed by atoms with Crippen molar-refractivity contribution < 1.29 is 14.3 Å². The van der Waals surface area contributed by atoms with E-state index >= 15 is 0 Å². The van der Waals surface area contributed by atoms with Crippen LogP contribution in [0.25, 0.3) is 10.2 Å². The summed E-state index contributed by atoms with van der Waals surface area (Å²) in [4.78, 5) is 25.1. The summed E-state index contributed by atoms with van der Waals surface area (Å²) in [7, 11) is 0. The van der Waals surface area contributed by atoms with E-state index in [1.54, 1.807) is 24.3 Å². The zero-order valence-electron chi connectivity index (χ0n) is 11.4. The molecule has 0 fully saturated rings. The highest BCUT2D eigenvalue weighted by atomic mass is 79.9. The number of rotatable bonds is 3. The smallest absolute Gasteiger partial charge is 0.354 e. The fourth-order valence-corrected chi connectivity index (χ4v) is 4.37. The first-order chi connectivity index (χ1) is 10.5. The molecule has 22 heavy (non-hydrogen) atoms. The van der Waals surface area contributed by atoms with Crippen LogP contribution in [0.5, 0.6) is 0 Å². The molecule has 1 N–H and O–H groups in total. The molecule has 3 heterocycles. The molecule has 3 aromatic rings. The van der Waals surface area contributed by atoms with Gasteiger partial charge in [-0.3, -0.25) is 4.79 Å². The molecule has 0 aliphatic rings. The standard InChI is InChI=1S/C9H8BrNO2S.C5H3BrOS/c1-2-13-9(12)6-3-7-8(11-6)5(10)4-14-7;6-4-1-5(2-7)8-3-4/h3-4,11H,2H2,1H3;1-3H. The predicted molar refractivity (Wildman–Crippen MR) is 97.2 cm³/mol. The van der Waals surface area contributed by atoms with E-state index in [4.69, 9.17) is 4.74 Å². The van der Waals surface area contributed by atoms with Gasteiger partial charge >= 0.3 is 5.97 Å². The van der Waals surface area contributed by atoms with Gasteiger partial charge in [0.2, 0.25) is 0 Å². The number of carbonyl (C=O) groups is 2. The lowest BCUT2D eigenvalue weighted by Gasteiger charge is -1.96. The van der Waals surface area contributed by atoms with E-state index in [1.807, 2.05) is 16.8 Å². The number of carbonyl (C=O) groups excluding carboxylic acids is 2. The molecule has 0 aliphatic heterocycles. The molecule has 0 saturated heterocycles. The average molecular weight is 465 g/mol. The number of hydrogen-bond acceptors (Lipinski definition) is 5. The Morgan fingerprint density at radius 1 is 1.32 bits per heavy atom. The van der Waals surface area contributed by atoms with E-state index in [0.29, 0.717) is 12.3 Å². The second kappa shape index (κ2) is 8.05. The Balaban J connectivity index is 0.000000188. The maximum absolute atomic E-state index is 11.4. The number of hydrogen-bond donors (Lipinski definition) is 1. The van der Waals surface area contributed by atoms with Gasteiger partial charge in [-0.25, -0.2) is 4.79 Å². The minimum atomic E-state index is -0.303. The van der Waals surface area contributed by atoms with Gasteiger partial charge in [0.25, 0.3) is 0 Å². The van der Waals surface area contributed by atoms with Crippen LogP contribution in [0.15, 0.2) is 31.8 Å². The van der Waals surface area contributed by atoms with Crippen LogP contribution in [-0.2, 0) is 4.74 Å². The number of esters is 1. The zero-order chi connectivity index (χ0) is 16.1. The van der Waals surface area contributed by atoms with Crippen LogP contribution >= 0.6 is 54.5 Å². The molecule has 116 valence electrons. The molecule has 0 atom stereocenters. The van der Waals surface area contributed by atoms with Crippen molar-refractivity contribution in [3.63, 3.8) is 0 Å². The fraction of sp³-hybridized carbons (Fsp3) is 0.143. The van der Waals surface area contributed by atoms with Crippen molar-refractivity contribution in [1.82, 2.24) is 4.98 Å². The lowest BCUT2D eigenvalue weighted by molar-refractivity contribution is 0.0520. The molecule has 0 bridgehead atoms. The lowest BCUT2D eigenvalue weighted by atomic mass is 10.4. The molecule has 0 amide bonds. The molecular weight excluding hydrogens is 454 g/mol. The van der Waals surface area contributed by atoms with Crippen molar-refractivity contribution in [2.75, 3.05) is 6.61 Å². The van der Waals surface area contributed by atoms with Gasteiger partial charge in [0, 0.05) is 15.2 Å². The van der Waals surface area contributed by atoms with Gasteiger partial charge in [0.05, 0.1) is 26.2 Å². The van der Waals surface area contributed by atoms with Crippen molar-refractivity contribution in [2.24, 2.45) is 0 Å². The maximum atomic E-state index is 11.4. The summed E-state index contributed by atoms with van der Waals surface area (Å²) in [6.45, 7) is 2.19. The number of ether oxygens (including phenoxy) is 1. The number of aldehydes is 1. The van der Waals surface area contributed by atoms with Crippen molar-refractivity contribution in [1.29, 1.82) is 0 Å². The molecule has 0 radical (unpaired) electrons. The molecular formula is C14H11Br2NO3S2. The molecule has 3 rings (SSSR count). The minimum Gasteiger partial charge on any atom is -0.461 e. The van der Waals surface area contributed by atoms with E-state index in [9.17, 15) is 9.59 Å². The highest BCUT2D eigenvalue weighted by molar-refractivity contribution is 9.11. The first kappa shape index (κ1) is 17.4.